The molecule has 18 heavy (non-hydrogen) atoms. The van der Waals surface area contributed by atoms with Crippen LogP contribution in [-0.4, -0.2) is 37.7 Å². The Kier molecular flexibility index (Phi) is 4.72. The van der Waals surface area contributed by atoms with Gasteiger partial charge in [-0.2, -0.15) is 0 Å². The van der Waals surface area contributed by atoms with E-state index in [2.05, 4.69) is 20.8 Å². The molecule has 1 fully saturated rings. The number of rotatable bonds is 4. The summed E-state index contributed by atoms with van der Waals surface area (Å²) in [6.07, 6.45) is 0.889. The summed E-state index contributed by atoms with van der Waals surface area (Å²) >= 11 is 3.39. The predicted octanol–water partition coefficient (Wildman–Crippen LogP) is 2.31. The molecule has 0 bridgehead atoms. The van der Waals surface area contributed by atoms with Gasteiger partial charge in [0.2, 0.25) is 0 Å². The van der Waals surface area contributed by atoms with Crippen molar-refractivity contribution in [2.75, 3.05) is 26.8 Å². The van der Waals surface area contributed by atoms with Crippen molar-refractivity contribution in [2.24, 2.45) is 5.73 Å². The monoisotopic (exact) mass is 316 g/mol. The molecule has 1 aliphatic heterocycles. The van der Waals surface area contributed by atoms with Crippen LogP contribution >= 0.6 is 15.9 Å². The molecule has 2 rings (SSSR count). The zero-order chi connectivity index (χ0) is 13.1. The van der Waals surface area contributed by atoms with Gasteiger partial charge in [-0.3, -0.25) is 4.90 Å². The maximum atomic E-state index is 14.0. The van der Waals surface area contributed by atoms with E-state index in [0.29, 0.717) is 12.2 Å². The van der Waals surface area contributed by atoms with Crippen LogP contribution < -0.4 is 5.73 Å². The summed E-state index contributed by atoms with van der Waals surface area (Å²) in [5, 5.41) is 0. The Labute approximate surface area is 115 Å². The number of hydrogen-bond donors (Lipinski definition) is 1. The quantitative estimate of drug-likeness (QED) is 0.926. The summed E-state index contributed by atoms with van der Waals surface area (Å²) in [5.74, 6) is -0.192. The largest absolute Gasteiger partial charge is 0.383 e. The van der Waals surface area contributed by atoms with Crippen LogP contribution in [0.15, 0.2) is 22.7 Å². The fraction of sp³-hybridized carbons (Fsp3) is 0.538. The van der Waals surface area contributed by atoms with E-state index < -0.39 is 0 Å². The normalized spacial score (nSPS) is 24.7. The van der Waals surface area contributed by atoms with Gasteiger partial charge in [0.1, 0.15) is 5.82 Å². The van der Waals surface area contributed by atoms with Crippen LogP contribution in [0.1, 0.15) is 18.0 Å². The minimum atomic E-state index is -0.192. The molecule has 1 aromatic carbocycles. The number of benzene rings is 1. The average molecular weight is 317 g/mol. The Morgan fingerprint density at radius 1 is 1.56 bits per heavy atom. The summed E-state index contributed by atoms with van der Waals surface area (Å²) in [4.78, 5) is 2.19. The molecular formula is C13H18BrFN2O. The first-order valence-corrected chi connectivity index (χ1v) is 6.86. The lowest BCUT2D eigenvalue weighted by atomic mass is 10.0. The minimum Gasteiger partial charge on any atom is -0.383 e. The molecule has 0 spiro atoms. The molecule has 0 radical (unpaired) electrons. The van der Waals surface area contributed by atoms with Crippen LogP contribution in [0.2, 0.25) is 0 Å². The number of likely N-dealkylation sites (tertiary alicyclic amines) is 1. The van der Waals surface area contributed by atoms with E-state index >= 15 is 0 Å². The number of ether oxygens (including phenoxy) is 1. The molecule has 0 aliphatic carbocycles. The van der Waals surface area contributed by atoms with Crippen LogP contribution in [0.25, 0.3) is 0 Å². The van der Waals surface area contributed by atoms with Crippen LogP contribution in [0.4, 0.5) is 4.39 Å². The highest BCUT2D eigenvalue weighted by atomic mass is 79.9. The van der Waals surface area contributed by atoms with Gasteiger partial charge in [-0.15, -0.1) is 0 Å². The molecule has 0 amide bonds. The highest BCUT2D eigenvalue weighted by Crippen LogP contribution is 2.33. The Morgan fingerprint density at radius 2 is 2.33 bits per heavy atom. The lowest BCUT2D eigenvalue weighted by Gasteiger charge is -2.27. The van der Waals surface area contributed by atoms with Gasteiger partial charge in [-0.25, -0.2) is 4.39 Å². The smallest absolute Gasteiger partial charge is 0.128 e. The van der Waals surface area contributed by atoms with Crippen LogP contribution in [-0.2, 0) is 4.74 Å². The van der Waals surface area contributed by atoms with E-state index in [4.69, 9.17) is 10.5 Å². The second-order valence-corrected chi connectivity index (χ2v) is 5.51. The fourth-order valence-electron chi connectivity index (χ4n) is 2.51. The third kappa shape index (κ3) is 2.91. The Balaban J connectivity index is 2.24. The maximum absolute atomic E-state index is 14.0. The molecule has 0 saturated carbocycles. The van der Waals surface area contributed by atoms with Crippen molar-refractivity contribution in [1.82, 2.24) is 4.90 Å². The number of nitrogens with zero attached hydrogens (tertiary/aromatic N) is 1. The van der Waals surface area contributed by atoms with E-state index in [0.717, 1.165) is 24.0 Å². The number of halogens is 2. The summed E-state index contributed by atoms with van der Waals surface area (Å²) in [7, 11) is 1.67. The third-order valence-corrected chi connectivity index (χ3v) is 3.90. The topological polar surface area (TPSA) is 38.5 Å². The molecule has 2 unspecified atom stereocenters. The molecular weight excluding hydrogens is 299 g/mol. The molecule has 2 N–H and O–H groups in total. The van der Waals surface area contributed by atoms with E-state index in [-0.39, 0.29) is 17.9 Å². The van der Waals surface area contributed by atoms with Gasteiger partial charge in [0.15, 0.2) is 0 Å². The first-order valence-electron chi connectivity index (χ1n) is 6.07. The highest BCUT2D eigenvalue weighted by molar-refractivity contribution is 9.10. The average Bonchev–Trinajstić information content (AvgIpc) is 2.71. The fourth-order valence-corrected chi connectivity index (χ4v) is 2.89. The van der Waals surface area contributed by atoms with Gasteiger partial charge in [0, 0.05) is 36.3 Å². The molecule has 3 nitrogen and oxygen atoms in total. The standard InChI is InChI=1S/C13H18BrFN2O/c1-18-7-6-17-5-4-12(16)13(17)10-8-9(14)2-3-11(10)15/h2-3,8,12-13H,4-7,16H2,1H3. The summed E-state index contributed by atoms with van der Waals surface area (Å²) in [5.41, 5.74) is 6.80. The molecule has 100 valence electrons. The Morgan fingerprint density at radius 3 is 3.06 bits per heavy atom. The maximum Gasteiger partial charge on any atom is 0.128 e. The van der Waals surface area contributed by atoms with Gasteiger partial charge in [0.25, 0.3) is 0 Å². The Hall–Kier alpha value is -0.490. The van der Waals surface area contributed by atoms with Gasteiger partial charge in [-0.1, -0.05) is 15.9 Å². The molecule has 2 atom stereocenters. The third-order valence-electron chi connectivity index (χ3n) is 3.41. The second kappa shape index (κ2) is 6.10. The molecule has 1 aliphatic rings. The van der Waals surface area contributed by atoms with Crippen LogP contribution in [0.5, 0.6) is 0 Å². The van der Waals surface area contributed by atoms with Gasteiger partial charge in [0.05, 0.1) is 12.6 Å². The summed E-state index contributed by atoms with van der Waals surface area (Å²) < 4.78 is 19.9. The summed E-state index contributed by atoms with van der Waals surface area (Å²) in [6, 6.07) is 4.94. The van der Waals surface area contributed by atoms with Crippen molar-refractivity contribution in [3.8, 4) is 0 Å². The number of nitrogens with two attached hydrogens (primary N) is 1. The first kappa shape index (κ1) is 13.9. The molecule has 0 aromatic heterocycles. The zero-order valence-corrected chi connectivity index (χ0v) is 12.0. The van der Waals surface area contributed by atoms with Gasteiger partial charge >= 0.3 is 0 Å². The molecule has 1 heterocycles. The lowest BCUT2D eigenvalue weighted by molar-refractivity contribution is 0.138. The van der Waals surface area contributed by atoms with Crippen molar-refractivity contribution in [3.63, 3.8) is 0 Å². The van der Waals surface area contributed by atoms with E-state index in [9.17, 15) is 4.39 Å². The van der Waals surface area contributed by atoms with Crippen molar-refractivity contribution in [2.45, 2.75) is 18.5 Å². The Bertz CT molecular complexity index is 416. The van der Waals surface area contributed by atoms with Crippen LogP contribution in [0, 0.1) is 5.82 Å². The van der Waals surface area contributed by atoms with E-state index in [1.807, 2.05) is 6.07 Å². The summed E-state index contributed by atoms with van der Waals surface area (Å²) in [6.45, 7) is 2.31. The number of hydrogen-bond acceptors (Lipinski definition) is 3. The molecule has 1 saturated heterocycles. The van der Waals surface area contributed by atoms with Gasteiger partial charge < -0.3 is 10.5 Å². The van der Waals surface area contributed by atoms with E-state index in [1.54, 1.807) is 13.2 Å². The van der Waals surface area contributed by atoms with E-state index in [1.165, 1.54) is 6.07 Å². The van der Waals surface area contributed by atoms with Crippen molar-refractivity contribution < 1.29 is 9.13 Å². The molecule has 1 aromatic rings. The van der Waals surface area contributed by atoms with Crippen molar-refractivity contribution in [1.29, 1.82) is 0 Å². The van der Waals surface area contributed by atoms with Gasteiger partial charge in [-0.05, 0) is 24.6 Å². The van der Waals surface area contributed by atoms with Crippen molar-refractivity contribution >= 4 is 15.9 Å². The minimum absolute atomic E-state index is 0.0225. The zero-order valence-electron chi connectivity index (χ0n) is 10.4. The second-order valence-electron chi connectivity index (χ2n) is 4.59. The highest BCUT2D eigenvalue weighted by Gasteiger charge is 2.34. The SMILES string of the molecule is COCCN1CCC(N)C1c1cc(Br)ccc1F. The predicted molar refractivity (Wildman–Crippen MR) is 72.9 cm³/mol. The van der Waals surface area contributed by atoms with Crippen LogP contribution in [0.3, 0.4) is 0 Å². The van der Waals surface area contributed by atoms with Crippen molar-refractivity contribution in [3.05, 3.63) is 34.1 Å². The molecule has 5 heteroatoms. The first-order chi connectivity index (χ1) is 8.63. The lowest BCUT2D eigenvalue weighted by Crippen LogP contribution is -2.34. The number of methoxy groups -OCH3 is 1.